The second-order valence-electron chi connectivity index (χ2n) is 3.48. The van der Waals surface area contributed by atoms with E-state index in [1.807, 2.05) is 26.0 Å². The lowest BCUT2D eigenvalue weighted by atomic mass is 10.3. The molecule has 0 saturated heterocycles. The first kappa shape index (κ1) is 13.7. The second-order valence-corrected chi connectivity index (χ2v) is 4.40. The molecule has 0 aliphatic rings. The molecule has 0 radical (unpaired) electrons. The quantitative estimate of drug-likeness (QED) is 0.671. The van der Waals surface area contributed by atoms with E-state index < -0.39 is 0 Å². The molecule has 0 bridgehead atoms. The monoisotopic (exact) mass is 298 g/mol. The van der Waals surface area contributed by atoms with Crippen LogP contribution in [0.4, 0.5) is 0 Å². The molecule has 17 heavy (non-hydrogen) atoms. The van der Waals surface area contributed by atoms with Gasteiger partial charge in [0.1, 0.15) is 5.75 Å². The standard InChI is InChI=1S/C12H15BrN2O2/c1-3-9(2)14-15-12(16)8-17-11-6-4-5-10(13)7-11/h4-7H,3,8H2,1-2H3,(H,15,16)/b14-9-. The summed E-state index contributed by atoms with van der Waals surface area (Å²) in [5, 5.41) is 3.90. The smallest absolute Gasteiger partial charge is 0.277 e. The van der Waals surface area contributed by atoms with Gasteiger partial charge < -0.3 is 4.74 Å². The minimum Gasteiger partial charge on any atom is -0.484 e. The molecule has 0 saturated carbocycles. The summed E-state index contributed by atoms with van der Waals surface area (Å²) in [5.74, 6) is 0.378. The van der Waals surface area contributed by atoms with E-state index in [2.05, 4.69) is 26.5 Å². The van der Waals surface area contributed by atoms with Gasteiger partial charge in [0.05, 0.1) is 0 Å². The minimum atomic E-state index is -0.266. The van der Waals surface area contributed by atoms with Crippen LogP contribution in [0.2, 0.25) is 0 Å². The SMILES string of the molecule is CC/C(C)=N\NC(=O)COc1cccc(Br)c1. The number of ether oxygens (including phenoxy) is 1. The Balaban J connectivity index is 2.38. The minimum absolute atomic E-state index is 0.0447. The van der Waals surface area contributed by atoms with Crippen LogP contribution in [0.25, 0.3) is 0 Å². The van der Waals surface area contributed by atoms with Gasteiger partial charge in [-0.05, 0) is 31.5 Å². The van der Waals surface area contributed by atoms with Crippen molar-refractivity contribution in [2.75, 3.05) is 6.61 Å². The number of hydrazone groups is 1. The van der Waals surface area contributed by atoms with E-state index in [0.29, 0.717) is 5.75 Å². The lowest BCUT2D eigenvalue weighted by Gasteiger charge is -2.05. The number of amides is 1. The topological polar surface area (TPSA) is 50.7 Å². The maximum atomic E-state index is 11.4. The summed E-state index contributed by atoms with van der Waals surface area (Å²) in [7, 11) is 0. The number of nitrogens with one attached hydrogen (secondary N) is 1. The Morgan fingerprint density at radius 1 is 1.53 bits per heavy atom. The van der Waals surface area contributed by atoms with Crippen LogP contribution in [0.5, 0.6) is 5.75 Å². The summed E-state index contributed by atoms with van der Waals surface area (Å²) >= 11 is 3.33. The van der Waals surface area contributed by atoms with Crippen molar-refractivity contribution in [1.29, 1.82) is 0 Å². The molecule has 0 unspecified atom stereocenters. The molecule has 4 nitrogen and oxygen atoms in total. The van der Waals surface area contributed by atoms with Crippen molar-refractivity contribution in [2.24, 2.45) is 5.10 Å². The molecule has 0 fully saturated rings. The van der Waals surface area contributed by atoms with Crippen molar-refractivity contribution >= 4 is 27.5 Å². The van der Waals surface area contributed by atoms with Gasteiger partial charge in [-0.3, -0.25) is 4.79 Å². The Morgan fingerprint density at radius 3 is 2.94 bits per heavy atom. The molecule has 92 valence electrons. The Morgan fingerprint density at radius 2 is 2.29 bits per heavy atom. The van der Waals surface area contributed by atoms with Crippen molar-refractivity contribution < 1.29 is 9.53 Å². The average Bonchev–Trinajstić information content (AvgIpc) is 2.33. The van der Waals surface area contributed by atoms with Crippen LogP contribution in [0.1, 0.15) is 20.3 Å². The third-order valence-electron chi connectivity index (χ3n) is 2.05. The third kappa shape index (κ3) is 5.49. The molecule has 5 heteroatoms. The summed E-state index contributed by atoms with van der Waals surface area (Å²) < 4.78 is 6.22. The fourth-order valence-electron chi connectivity index (χ4n) is 0.975. The Labute approximate surface area is 109 Å². The number of rotatable bonds is 5. The molecule has 1 N–H and O–H groups in total. The maximum Gasteiger partial charge on any atom is 0.277 e. The Hall–Kier alpha value is -1.36. The molecule has 1 rings (SSSR count). The number of hydrogen-bond donors (Lipinski definition) is 1. The van der Waals surface area contributed by atoms with E-state index in [1.54, 1.807) is 12.1 Å². The third-order valence-corrected chi connectivity index (χ3v) is 2.54. The zero-order valence-corrected chi connectivity index (χ0v) is 11.5. The fourth-order valence-corrected chi connectivity index (χ4v) is 1.35. The number of carbonyl (C=O) groups excluding carboxylic acids is 1. The van der Waals surface area contributed by atoms with Crippen LogP contribution in [-0.4, -0.2) is 18.2 Å². The highest BCUT2D eigenvalue weighted by Crippen LogP contribution is 2.17. The van der Waals surface area contributed by atoms with Crippen molar-refractivity contribution in [3.63, 3.8) is 0 Å². The number of nitrogens with zero attached hydrogens (tertiary/aromatic N) is 1. The highest BCUT2D eigenvalue weighted by atomic mass is 79.9. The van der Waals surface area contributed by atoms with Crippen LogP contribution >= 0.6 is 15.9 Å². The molecular weight excluding hydrogens is 284 g/mol. The number of hydrogen-bond acceptors (Lipinski definition) is 3. The second kappa shape index (κ2) is 7.06. The van der Waals surface area contributed by atoms with Gasteiger partial charge in [0, 0.05) is 10.2 Å². The van der Waals surface area contributed by atoms with E-state index in [4.69, 9.17) is 4.74 Å². The van der Waals surface area contributed by atoms with Gasteiger partial charge in [-0.25, -0.2) is 5.43 Å². The predicted molar refractivity (Wildman–Crippen MR) is 71.2 cm³/mol. The van der Waals surface area contributed by atoms with Gasteiger partial charge in [-0.15, -0.1) is 0 Å². The van der Waals surface area contributed by atoms with Gasteiger partial charge in [-0.1, -0.05) is 28.9 Å². The molecule has 0 aliphatic heterocycles. The van der Waals surface area contributed by atoms with E-state index in [9.17, 15) is 4.79 Å². The van der Waals surface area contributed by atoms with Crippen LogP contribution in [0, 0.1) is 0 Å². The van der Waals surface area contributed by atoms with E-state index in [1.165, 1.54) is 0 Å². The van der Waals surface area contributed by atoms with Crippen LogP contribution in [0.15, 0.2) is 33.8 Å². The van der Waals surface area contributed by atoms with Gasteiger partial charge in [0.25, 0.3) is 5.91 Å². The fraction of sp³-hybridized carbons (Fsp3) is 0.333. The Bertz CT molecular complexity index is 419. The van der Waals surface area contributed by atoms with Crippen LogP contribution in [-0.2, 0) is 4.79 Å². The first-order valence-corrected chi connectivity index (χ1v) is 6.11. The molecule has 0 spiro atoms. The number of carbonyl (C=O) groups is 1. The molecule has 1 aromatic rings. The largest absolute Gasteiger partial charge is 0.484 e. The van der Waals surface area contributed by atoms with Crippen molar-refractivity contribution in [3.8, 4) is 5.75 Å². The van der Waals surface area contributed by atoms with Gasteiger partial charge in [0.2, 0.25) is 0 Å². The van der Waals surface area contributed by atoms with Crippen molar-refractivity contribution in [2.45, 2.75) is 20.3 Å². The molecule has 0 aliphatic carbocycles. The van der Waals surface area contributed by atoms with Gasteiger partial charge in [-0.2, -0.15) is 5.10 Å². The lowest BCUT2D eigenvalue weighted by molar-refractivity contribution is -0.123. The van der Waals surface area contributed by atoms with Crippen molar-refractivity contribution in [3.05, 3.63) is 28.7 Å². The highest BCUT2D eigenvalue weighted by Gasteiger charge is 2.01. The predicted octanol–water partition coefficient (Wildman–Crippen LogP) is 2.73. The Kier molecular flexibility index (Phi) is 5.69. The average molecular weight is 299 g/mol. The first-order chi connectivity index (χ1) is 8.11. The van der Waals surface area contributed by atoms with E-state index in [0.717, 1.165) is 16.6 Å². The molecule has 0 heterocycles. The van der Waals surface area contributed by atoms with Crippen LogP contribution in [0.3, 0.4) is 0 Å². The zero-order chi connectivity index (χ0) is 12.7. The number of halogens is 1. The van der Waals surface area contributed by atoms with Gasteiger partial charge in [0.15, 0.2) is 6.61 Å². The molecule has 0 aromatic heterocycles. The molecular formula is C12H15BrN2O2. The summed E-state index contributed by atoms with van der Waals surface area (Å²) in [5.41, 5.74) is 3.31. The molecule has 0 atom stereocenters. The van der Waals surface area contributed by atoms with Crippen molar-refractivity contribution in [1.82, 2.24) is 5.43 Å². The summed E-state index contributed by atoms with van der Waals surface area (Å²) in [4.78, 5) is 11.4. The highest BCUT2D eigenvalue weighted by molar-refractivity contribution is 9.10. The summed E-state index contributed by atoms with van der Waals surface area (Å²) in [6, 6.07) is 7.32. The van der Waals surface area contributed by atoms with Crippen LogP contribution < -0.4 is 10.2 Å². The first-order valence-electron chi connectivity index (χ1n) is 5.32. The van der Waals surface area contributed by atoms with E-state index in [-0.39, 0.29) is 12.5 Å². The summed E-state index contributed by atoms with van der Waals surface area (Å²) in [6.07, 6.45) is 0.812. The maximum absolute atomic E-state index is 11.4. The van der Waals surface area contributed by atoms with Gasteiger partial charge >= 0.3 is 0 Å². The lowest BCUT2D eigenvalue weighted by Crippen LogP contribution is -2.25. The normalized spacial score (nSPS) is 11.1. The number of benzene rings is 1. The molecule has 1 aromatic carbocycles. The van der Waals surface area contributed by atoms with E-state index >= 15 is 0 Å². The zero-order valence-electron chi connectivity index (χ0n) is 9.87. The molecule has 1 amide bonds. The summed E-state index contributed by atoms with van der Waals surface area (Å²) in [6.45, 7) is 3.79.